The summed E-state index contributed by atoms with van der Waals surface area (Å²) < 4.78 is 20.0. The lowest BCUT2D eigenvalue weighted by Crippen LogP contribution is -2.22. The van der Waals surface area contributed by atoms with Gasteiger partial charge in [0.2, 0.25) is 0 Å². The molecule has 1 heterocycles. The maximum atomic E-state index is 13.6. The van der Waals surface area contributed by atoms with E-state index in [4.69, 9.17) is 4.74 Å². The predicted molar refractivity (Wildman–Crippen MR) is 85.5 cm³/mol. The van der Waals surface area contributed by atoms with Crippen LogP contribution in [0.25, 0.3) is 0 Å². The van der Waals surface area contributed by atoms with Crippen LogP contribution in [0.5, 0.6) is 0 Å². The topological polar surface area (TPSA) is 77.4 Å². The maximum absolute atomic E-state index is 13.6. The Labute approximate surface area is 138 Å². The average Bonchev–Trinajstić information content (AvgIpc) is 2.90. The first-order chi connectivity index (χ1) is 11.3. The monoisotopic (exact) mass is 332 g/mol. The van der Waals surface area contributed by atoms with Gasteiger partial charge in [0.05, 0.1) is 5.69 Å². The van der Waals surface area contributed by atoms with Crippen molar-refractivity contribution < 1.29 is 23.5 Å². The fourth-order valence-electron chi connectivity index (χ4n) is 2.07. The molecule has 2 aromatic rings. The number of hydrogen-bond acceptors (Lipinski definition) is 4. The van der Waals surface area contributed by atoms with Crippen molar-refractivity contribution in [2.75, 3.05) is 11.9 Å². The molecule has 0 radical (unpaired) electrons. The van der Waals surface area contributed by atoms with E-state index in [1.165, 1.54) is 35.9 Å². The summed E-state index contributed by atoms with van der Waals surface area (Å²) in [6, 6.07) is 5.76. The highest BCUT2D eigenvalue weighted by Crippen LogP contribution is 2.15. The number of ether oxygens (including phenoxy) is 1. The fraction of sp³-hybridized carbons (Fsp3) is 0.235. The molecule has 0 aliphatic carbocycles. The van der Waals surface area contributed by atoms with Crippen molar-refractivity contribution in [3.8, 4) is 0 Å². The average molecular weight is 332 g/mol. The minimum Gasteiger partial charge on any atom is -0.451 e. The van der Waals surface area contributed by atoms with Crippen molar-refractivity contribution in [2.24, 2.45) is 7.05 Å². The third-order valence-electron chi connectivity index (χ3n) is 3.35. The number of Topliss-reactive ketones (excluding diaryl/α,β-unsaturated/α-hetero) is 1. The van der Waals surface area contributed by atoms with Gasteiger partial charge in [-0.05, 0) is 37.6 Å². The summed E-state index contributed by atoms with van der Waals surface area (Å²) in [5.41, 5.74) is 1.26. The van der Waals surface area contributed by atoms with Gasteiger partial charge in [-0.15, -0.1) is 0 Å². The van der Waals surface area contributed by atoms with Gasteiger partial charge >= 0.3 is 5.97 Å². The van der Waals surface area contributed by atoms with E-state index in [1.807, 2.05) is 0 Å². The molecule has 6 nitrogen and oxygen atoms in total. The number of nitrogens with one attached hydrogen (secondary N) is 1. The molecule has 0 bridgehead atoms. The highest BCUT2D eigenvalue weighted by Gasteiger charge is 2.17. The molecule has 126 valence electrons. The number of hydrogen-bond donors (Lipinski definition) is 1. The van der Waals surface area contributed by atoms with E-state index in [-0.39, 0.29) is 17.2 Å². The van der Waals surface area contributed by atoms with Crippen LogP contribution in [0, 0.1) is 12.7 Å². The Morgan fingerprint density at radius 1 is 1.25 bits per heavy atom. The number of amides is 1. The third-order valence-corrected chi connectivity index (χ3v) is 3.35. The highest BCUT2D eigenvalue weighted by molar-refractivity contribution is 5.99. The lowest BCUT2D eigenvalue weighted by molar-refractivity contribution is -0.119. The van der Waals surface area contributed by atoms with Crippen LogP contribution in [0.3, 0.4) is 0 Å². The van der Waals surface area contributed by atoms with Crippen molar-refractivity contribution in [1.29, 1.82) is 0 Å². The number of anilines is 1. The zero-order valence-electron chi connectivity index (χ0n) is 13.6. The number of esters is 1. The molecule has 1 amide bonds. The normalized spacial score (nSPS) is 10.3. The molecule has 7 heteroatoms. The summed E-state index contributed by atoms with van der Waals surface area (Å²) in [5, 5.41) is 2.33. The van der Waals surface area contributed by atoms with E-state index >= 15 is 0 Å². The van der Waals surface area contributed by atoms with Gasteiger partial charge < -0.3 is 14.6 Å². The van der Waals surface area contributed by atoms with Crippen LogP contribution in [0.15, 0.2) is 30.5 Å². The minimum absolute atomic E-state index is 0.0133. The molecule has 0 atom stereocenters. The van der Waals surface area contributed by atoms with Crippen LogP contribution in [-0.4, -0.2) is 28.8 Å². The molecule has 0 aliphatic heterocycles. The quantitative estimate of drug-likeness (QED) is 0.674. The molecular weight excluding hydrogens is 315 g/mol. The van der Waals surface area contributed by atoms with Gasteiger partial charge in [0, 0.05) is 18.8 Å². The van der Waals surface area contributed by atoms with Crippen LogP contribution in [0.1, 0.15) is 33.3 Å². The number of carbonyl (C=O) groups excluding carboxylic acids is 3. The SMILES string of the molecule is CC(=O)c1cc(C(=O)OCC(=O)Nc2ccc(C)cc2F)n(C)c1. The van der Waals surface area contributed by atoms with Crippen LogP contribution in [0.4, 0.5) is 10.1 Å². The van der Waals surface area contributed by atoms with E-state index < -0.39 is 24.3 Å². The second-order valence-electron chi connectivity index (χ2n) is 5.39. The first-order valence-corrected chi connectivity index (χ1v) is 7.18. The smallest absolute Gasteiger partial charge is 0.355 e. The fourth-order valence-corrected chi connectivity index (χ4v) is 2.07. The Hall–Kier alpha value is -2.96. The third kappa shape index (κ3) is 4.07. The standard InChI is InChI=1S/C17H17FN2O4/c1-10-4-5-14(13(18)6-10)19-16(22)9-24-17(23)15-7-12(11(2)21)8-20(15)3/h4-8H,9H2,1-3H3,(H,19,22). The molecule has 24 heavy (non-hydrogen) atoms. The van der Waals surface area contributed by atoms with Gasteiger partial charge in [-0.3, -0.25) is 9.59 Å². The summed E-state index contributed by atoms with van der Waals surface area (Å²) in [4.78, 5) is 35.0. The molecule has 0 saturated heterocycles. The lowest BCUT2D eigenvalue weighted by atomic mass is 10.2. The van der Waals surface area contributed by atoms with Crippen LogP contribution >= 0.6 is 0 Å². The highest BCUT2D eigenvalue weighted by atomic mass is 19.1. The number of carbonyl (C=O) groups is 3. The predicted octanol–water partition coefficient (Wildman–Crippen LogP) is 2.47. The van der Waals surface area contributed by atoms with E-state index in [9.17, 15) is 18.8 Å². The Morgan fingerprint density at radius 2 is 1.96 bits per heavy atom. The van der Waals surface area contributed by atoms with Crippen molar-refractivity contribution in [2.45, 2.75) is 13.8 Å². The minimum atomic E-state index is -0.746. The second-order valence-corrected chi connectivity index (χ2v) is 5.39. The molecule has 0 saturated carbocycles. The molecular formula is C17H17FN2O4. The van der Waals surface area contributed by atoms with Crippen molar-refractivity contribution in [3.05, 3.63) is 53.1 Å². The van der Waals surface area contributed by atoms with Gasteiger partial charge in [0.1, 0.15) is 11.5 Å². The van der Waals surface area contributed by atoms with E-state index in [0.717, 1.165) is 5.56 Å². The Kier molecular flexibility index (Phi) is 5.13. The second kappa shape index (κ2) is 7.08. The van der Waals surface area contributed by atoms with Crippen molar-refractivity contribution >= 4 is 23.3 Å². The lowest BCUT2D eigenvalue weighted by Gasteiger charge is -2.08. The number of rotatable bonds is 5. The number of aryl methyl sites for hydroxylation is 2. The zero-order valence-corrected chi connectivity index (χ0v) is 13.6. The molecule has 0 unspecified atom stereocenters. The number of benzene rings is 1. The van der Waals surface area contributed by atoms with E-state index in [0.29, 0.717) is 5.56 Å². The zero-order chi connectivity index (χ0) is 17.9. The molecule has 0 fully saturated rings. The van der Waals surface area contributed by atoms with Gasteiger partial charge in [0.15, 0.2) is 12.4 Å². The Balaban J connectivity index is 1.96. The van der Waals surface area contributed by atoms with Crippen LogP contribution in [-0.2, 0) is 16.6 Å². The first kappa shape index (κ1) is 17.4. The van der Waals surface area contributed by atoms with Gasteiger partial charge in [0.25, 0.3) is 5.91 Å². The van der Waals surface area contributed by atoms with Gasteiger partial charge in [-0.2, -0.15) is 0 Å². The van der Waals surface area contributed by atoms with Crippen molar-refractivity contribution in [3.63, 3.8) is 0 Å². The summed E-state index contributed by atoms with van der Waals surface area (Å²) >= 11 is 0. The number of ketones is 1. The molecule has 0 spiro atoms. The molecule has 1 aromatic carbocycles. The molecule has 0 aliphatic rings. The Bertz CT molecular complexity index is 811. The number of halogens is 1. The molecule has 2 rings (SSSR count). The number of aromatic nitrogens is 1. The van der Waals surface area contributed by atoms with Crippen LogP contribution < -0.4 is 5.32 Å². The molecule has 1 aromatic heterocycles. The number of nitrogens with zero attached hydrogens (tertiary/aromatic N) is 1. The summed E-state index contributed by atoms with van der Waals surface area (Å²) in [6.07, 6.45) is 1.50. The molecule has 1 N–H and O–H groups in total. The van der Waals surface area contributed by atoms with E-state index in [2.05, 4.69) is 5.32 Å². The maximum Gasteiger partial charge on any atom is 0.355 e. The van der Waals surface area contributed by atoms with E-state index in [1.54, 1.807) is 20.0 Å². The van der Waals surface area contributed by atoms with Crippen LogP contribution in [0.2, 0.25) is 0 Å². The summed E-state index contributed by atoms with van der Waals surface area (Å²) in [6.45, 7) is 2.55. The van der Waals surface area contributed by atoms with Crippen molar-refractivity contribution in [1.82, 2.24) is 4.57 Å². The van der Waals surface area contributed by atoms with Gasteiger partial charge in [-0.25, -0.2) is 9.18 Å². The first-order valence-electron chi connectivity index (χ1n) is 7.18. The largest absolute Gasteiger partial charge is 0.451 e. The Morgan fingerprint density at radius 3 is 2.54 bits per heavy atom. The van der Waals surface area contributed by atoms with Gasteiger partial charge in [-0.1, -0.05) is 6.07 Å². The summed E-state index contributed by atoms with van der Waals surface area (Å²) in [7, 11) is 1.59. The summed E-state index contributed by atoms with van der Waals surface area (Å²) in [5.74, 6) is -2.16.